The number of piperidine rings is 1. The first-order valence-electron chi connectivity index (χ1n) is 10.9. The minimum absolute atomic E-state index is 0. The van der Waals surface area contributed by atoms with Crippen molar-refractivity contribution in [1.29, 1.82) is 0 Å². The second kappa shape index (κ2) is 13.5. The third-order valence-corrected chi connectivity index (χ3v) is 7.58. The van der Waals surface area contributed by atoms with E-state index in [9.17, 15) is 5.11 Å². The van der Waals surface area contributed by atoms with Crippen LogP contribution in [0.4, 0.5) is 0 Å². The van der Waals surface area contributed by atoms with Crippen LogP contribution in [0.15, 0.2) is 69.6 Å². The number of hydrogen-bond acceptors (Lipinski definition) is 3. The van der Waals surface area contributed by atoms with E-state index in [1.54, 1.807) is 33.1 Å². The standard InChI is InChI=1S/C25H30N2OS2.2ClH/c1-19(25(28)21-5-3-2-4-6-21)26-11-14-27-12-7-20(8-13-27)24(22-9-15-29-17-22)23-10-16-30-18-23;;/h2-6,9-10,15-19,25-26,28H,7-8,11-14H2,1H3;2*1H. The van der Waals surface area contributed by atoms with Crippen LogP contribution in [0.25, 0.3) is 5.57 Å². The Bertz CT molecular complexity index is 884. The van der Waals surface area contributed by atoms with Gasteiger partial charge in [0.05, 0.1) is 13.1 Å². The monoisotopic (exact) mass is 510 g/mol. The molecule has 1 saturated heterocycles. The van der Waals surface area contributed by atoms with Crippen molar-refractivity contribution in [3.05, 3.63) is 86.2 Å². The van der Waals surface area contributed by atoms with E-state index in [2.05, 4.69) is 45.9 Å². The Balaban J connectivity index is 0.00000181. The average Bonchev–Trinajstić information content (AvgIpc) is 3.50. The van der Waals surface area contributed by atoms with Gasteiger partial charge < -0.3 is 40.1 Å². The highest BCUT2D eigenvalue weighted by atomic mass is 35.5. The van der Waals surface area contributed by atoms with Gasteiger partial charge in [0, 0.05) is 12.8 Å². The number of quaternary nitrogens is 2. The summed E-state index contributed by atoms with van der Waals surface area (Å²) in [4.78, 5) is 1.69. The van der Waals surface area contributed by atoms with Crippen LogP contribution >= 0.6 is 22.7 Å². The molecule has 3 aromatic rings. The van der Waals surface area contributed by atoms with Crippen LogP contribution in [0.1, 0.15) is 42.6 Å². The molecule has 0 radical (unpaired) electrons. The maximum absolute atomic E-state index is 10.6. The fourth-order valence-electron chi connectivity index (χ4n) is 4.43. The zero-order valence-electron chi connectivity index (χ0n) is 18.3. The van der Waals surface area contributed by atoms with Crippen LogP contribution in [-0.4, -0.2) is 37.3 Å². The molecule has 1 fully saturated rings. The molecule has 0 amide bonds. The first-order valence-corrected chi connectivity index (χ1v) is 12.8. The molecule has 0 aliphatic carbocycles. The molecule has 0 bridgehead atoms. The van der Waals surface area contributed by atoms with Gasteiger partial charge in [0.2, 0.25) is 0 Å². The highest BCUT2D eigenvalue weighted by Gasteiger charge is 2.23. The summed E-state index contributed by atoms with van der Waals surface area (Å²) in [6.45, 7) is 6.75. The molecule has 2 atom stereocenters. The molecule has 2 unspecified atom stereocenters. The first kappa shape index (κ1) is 27.1. The lowest BCUT2D eigenvalue weighted by molar-refractivity contribution is -0.916. The minimum atomic E-state index is -0.407. The van der Waals surface area contributed by atoms with Crippen LogP contribution < -0.4 is 35.0 Å². The zero-order valence-corrected chi connectivity index (χ0v) is 21.5. The molecule has 4 rings (SSSR count). The number of benzene rings is 1. The van der Waals surface area contributed by atoms with Gasteiger partial charge in [0.1, 0.15) is 25.2 Å². The molecule has 174 valence electrons. The highest BCUT2D eigenvalue weighted by molar-refractivity contribution is 7.08. The third kappa shape index (κ3) is 6.91. The summed E-state index contributed by atoms with van der Waals surface area (Å²) in [5, 5.41) is 21.8. The Kier molecular flexibility index (Phi) is 11.4. The molecule has 2 aromatic heterocycles. The topological polar surface area (TPSA) is 41.3 Å². The molecule has 4 N–H and O–H groups in total. The fourth-order valence-corrected chi connectivity index (χ4v) is 5.72. The molecule has 0 spiro atoms. The van der Waals surface area contributed by atoms with Gasteiger partial charge in [0.15, 0.2) is 0 Å². The normalized spacial score (nSPS) is 17.7. The Labute approximate surface area is 212 Å². The first-order chi connectivity index (χ1) is 14.7. The van der Waals surface area contributed by atoms with E-state index in [-0.39, 0.29) is 30.9 Å². The van der Waals surface area contributed by atoms with Gasteiger partial charge in [-0.2, -0.15) is 22.7 Å². The van der Waals surface area contributed by atoms with Crippen molar-refractivity contribution in [1.82, 2.24) is 0 Å². The van der Waals surface area contributed by atoms with Crippen LogP contribution in [0, 0.1) is 0 Å². The number of halogens is 2. The lowest BCUT2D eigenvalue weighted by atomic mass is 9.91. The average molecular weight is 512 g/mol. The van der Waals surface area contributed by atoms with Crippen molar-refractivity contribution in [2.75, 3.05) is 26.2 Å². The van der Waals surface area contributed by atoms with Crippen molar-refractivity contribution in [2.45, 2.75) is 31.9 Å². The molecular weight excluding hydrogens is 479 g/mol. The van der Waals surface area contributed by atoms with Gasteiger partial charge in [-0.1, -0.05) is 35.9 Å². The summed E-state index contributed by atoms with van der Waals surface area (Å²) >= 11 is 3.57. The summed E-state index contributed by atoms with van der Waals surface area (Å²) in [5.74, 6) is 0. The van der Waals surface area contributed by atoms with E-state index in [0.29, 0.717) is 0 Å². The fraction of sp³-hybridized carbons (Fsp3) is 0.360. The number of hydrogen-bond donors (Lipinski definition) is 3. The minimum Gasteiger partial charge on any atom is -1.00 e. The van der Waals surface area contributed by atoms with Crippen LogP contribution in [-0.2, 0) is 0 Å². The Morgan fingerprint density at radius 1 is 0.969 bits per heavy atom. The number of rotatable bonds is 8. The lowest BCUT2D eigenvalue weighted by Gasteiger charge is -2.27. The number of nitrogens with one attached hydrogen (secondary N) is 1. The van der Waals surface area contributed by atoms with E-state index in [4.69, 9.17) is 0 Å². The molecule has 7 heteroatoms. The molecule has 1 aromatic carbocycles. The smallest absolute Gasteiger partial charge is 0.130 e. The zero-order chi connectivity index (χ0) is 20.8. The highest BCUT2D eigenvalue weighted by Crippen LogP contribution is 2.32. The SMILES string of the molecule is CC([NH2+]CC[NH+]1CCC(=C(c2ccsc2)c2ccsc2)CC1)C(O)c1ccccc1.[Cl-].[Cl-]. The van der Waals surface area contributed by atoms with Gasteiger partial charge in [-0.15, -0.1) is 0 Å². The van der Waals surface area contributed by atoms with Crippen molar-refractivity contribution in [2.24, 2.45) is 0 Å². The predicted molar refractivity (Wildman–Crippen MR) is 127 cm³/mol. The largest absolute Gasteiger partial charge is 1.00 e. The Hall–Kier alpha value is -1.18. The second-order valence-electron chi connectivity index (χ2n) is 8.24. The number of aliphatic hydroxyl groups is 1. The number of thiophene rings is 2. The summed E-state index contributed by atoms with van der Waals surface area (Å²) in [6.07, 6.45) is 1.95. The van der Waals surface area contributed by atoms with E-state index >= 15 is 0 Å². The molecule has 32 heavy (non-hydrogen) atoms. The van der Waals surface area contributed by atoms with Crippen LogP contribution in [0.5, 0.6) is 0 Å². The van der Waals surface area contributed by atoms with Crippen molar-refractivity contribution >= 4 is 28.2 Å². The summed E-state index contributed by atoms with van der Waals surface area (Å²) in [7, 11) is 0. The molecule has 3 heterocycles. The molecule has 1 aliphatic rings. The maximum Gasteiger partial charge on any atom is 0.130 e. The summed E-state index contributed by atoms with van der Waals surface area (Å²) in [6, 6.07) is 14.7. The van der Waals surface area contributed by atoms with Gasteiger partial charge in [-0.25, -0.2) is 0 Å². The van der Waals surface area contributed by atoms with Crippen molar-refractivity contribution in [3.8, 4) is 0 Å². The van der Waals surface area contributed by atoms with Crippen molar-refractivity contribution < 1.29 is 40.1 Å². The number of likely N-dealkylation sites (tertiary alicyclic amines) is 1. The Morgan fingerprint density at radius 2 is 1.56 bits per heavy atom. The van der Waals surface area contributed by atoms with Gasteiger partial charge >= 0.3 is 0 Å². The molecule has 3 nitrogen and oxygen atoms in total. The molecular formula is C25H32Cl2N2OS2. The van der Waals surface area contributed by atoms with Gasteiger partial charge in [0.25, 0.3) is 0 Å². The molecule has 1 aliphatic heterocycles. The predicted octanol–water partition coefficient (Wildman–Crippen LogP) is -3.02. The number of aliphatic hydroxyl groups excluding tert-OH is 1. The van der Waals surface area contributed by atoms with Gasteiger partial charge in [-0.3, -0.25) is 0 Å². The second-order valence-corrected chi connectivity index (χ2v) is 9.80. The van der Waals surface area contributed by atoms with Gasteiger partial charge in [-0.05, 0) is 62.8 Å². The van der Waals surface area contributed by atoms with E-state index in [1.807, 2.05) is 30.3 Å². The summed E-state index contributed by atoms with van der Waals surface area (Å²) < 4.78 is 0. The Morgan fingerprint density at radius 3 is 2.09 bits per heavy atom. The van der Waals surface area contributed by atoms with E-state index in [1.165, 1.54) is 42.6 Å². The third-order valence-electron chi connectivity index (χ3n) is 6.21. The van der Waals surface area contributed by atoms with Crippen LogP contribution in [0.3, 0.4) is 0 Å². The van der Waals surface area contributed by atoms with Crippen LogP contribution in [0.2, 0.25) is 0 Å². The van der Waals surface area contributed by atoms with E-state index in [0.717, 1.165) is 18.7 Å². The molecule has 0 saturated carbocycles. The maximum atomic E-state index is 10.6. The summed E-state index contributed by atoms with van der Waals surface area (Å²) in [5.41, 5.74) is 6.87. The van der Waals surface area contributed by atoms with E-state index < -0.39 is 6.10 Å². The lowest BCUT2D eigenvalue weighted by Crippen LogP contribution is -3.15. The number of nitrogens with two attached hydrogens (primary N) is 1. The van der Waals surface area contributed by atoms with Crippen molar-refractivity contribution in [3.63, 3.8) is 0 Å². The quantitative estimate of drug-likeness (QED) is 0.296.